The van der Waals surface area contributed by atoms with Gasteiger partial charge in [0.05, 0.1) is 6.61 Å². The van der Waals surface area contributed by atoms with E-state index in [1.54, 1.807) is 18.2 Å². The molecule has 0 aliphatic heterocycles. The predicted molar refractivity (Wildman–Crippen MR) is 63.3 cm³/mol. The van der Waals surface area contributed by atoms with Crippen molar-refractivity contribution in [3.8, 4) is 0 Å². The summed E-state index contributed by atoms with van der Waals surface area (Å²) >= 11 is 0. The fourth-order valence-corrected chi connectivity index (χ4v) is 1.51. The molecule has 0 aliphatic rings. The first-order valence-electron chi connectivity index (χ1n) is 5.42. The van der Waals surface area contributed by atoms with Crippen LogP contribution in [-0.4, -0.2) is 30.7 Å². The van der Waals surface area contributed by atoms with Crippen LogP contribution in [0.4, 0.5) is 0 Å². The minimum Gasteiger partial charge on any atom is -0.396 e. The van der Waals surface area contributed by atoms with Crippen LogP contribution in [0.15, 0.2) is 24.3 Å². The molecule has 1 rings (SSSR count). The maximum absolute atomic E-state index is 11.6. The van der Waals surface area contributed by atoms with Crippen molar-refractivity contribution in [2.75, 3.05) is 19.7 Å². The van der Waals surface area contributed by atoms with Gasteiger partial charge in [-0.1, -0.05) is 12.1 Å². The van der Waals surface area contributed by atoms with Crippen molar-refractivity contribution in [2.24, 2.45) is 5.73 Å². The zero-order valence-electron chi connectivity index (χ0n) is 9.44. The second-order valence-corrected chi connectivity index (χ2v) is 3.60. The van der Waals surface area contributed by atoms with Crippen molar-refractivity contribution in [3.63, 3.8) is 0 Å². The van der Waals surface area contributed by atoms with E-state index in [1.807, 2.05) is 13.0 Å². The van der Waals surface area contributed by atoms with Gasteiger partial charge >= 0.3 is 0 Å². The number of carbonyl (C=O) groups is 1. The molecule has 0 radical (unpaired) electrons. The number of aliphatic hydroxyl groups is 1. The van der Waals surface area contributed by atoms with Crippen molar-refractivity contribution in [1.29, 1.82) is 0 Å². The van der Waals surface area contributed by atoms with E-state index in [9.17, 15) is 4.79 Å². The number of nitrogens with one attached hydrogen (secondary N) is 1. The van der Waals surface area contributed by atoms with Crippen molar-refractivity contribution in [2.45, 2.75) is 12.8 Å². The third-order valence-electron chi connectivity index (χ3n) is 2.46. The highest BCUT2D eigenvalue weighted by Gasteiger charge is 2.11. The summed E-state index contributed by atoms with van der Waals surface area (Å²) in [6.07, 6.45) is 0. The van der Waals surface area contributed by atoms with Gasteiger partial charge in [0.15, 0.2) is 0 Å². The second-order valence-electron chi connectivity index (χ2n) is 3.60. The number of rotatable bonds is 5. The Morgan fingerprint density at radius 1 is 1.56 bits per heavy atom. The summed E-state index contributed by atoms with van der Waals surface area (Å²) in [5, 5.41) is 11.9. The molecule has 1 unspecified atom stereocenters. The fourth-order valence-electron chi connectivity index (χ4n) is 1.51. The number of nitrogens with two attached hydrogens (primary N) is 1. The van der Waals surface area contributed by atoms with Gasteiger partial charge in [-0.05, 0) is 24.6 Å². The highest BCUT2D eigenvalue weighted by Crippen LogP contribution is 2.15. The first-order chi connectivity index (χ1) is 7.72. The molecule has 1 amide bonds. The van der Waals surface area contributed by atoms with Crippen LogP contribution in [0.3, 0.4) is 0 Å². The minimum absolute atomic E-state index is 0.00461. The predicted octanol–water partition coefficient (Wildman–Crippen LogP) is 0.471. The summed E-state index contributed by atoms with van der Waals surface area (Å²) in [5.41, 5.74) is 7.04. The van der Waals surface area contributed by atoms with Gasteiger partial charge in [0, 0.05) is 24.6 Å². The van der Waals surface area contributed by atoms with Gasteiger partial charge in [0.2, 0.25) is 0 Å². The third-order valence-corrected chi connectivity index (χ3v) is 2.46. The summed E-state index contributed by atoms with van der Waals surface area (Å²) in [6, 6.07) is 7.20. The van der Waals surface area contributed by atoms with Crippen LogP contribution >= 0.6 is 0 Å². The summed E-state index contributed by atoms with van der Waals surface area (Å²) in [5.74, 6) is -0.201. The highest BCUT2D eigenvalue weighted by molar-refractivity contribution is 5.94. The van der Waals surface area contributed by atoms with E-state index in [2.05, 4.69) is 5.32 Å². The average Bonchev–Trinajstić information content (AvgIpc) is 2.31. The number of benzene rings is 1. The number of amides is 1. The molecule has 16 heavy (non-hydrogen) atoms. The third kappa shape index (κ3) is 3.05. The molecule has 0 aromatic heterocycles. The number of aliphatic hydroxyl groups excluding tert-OH is 1. The molecule has 0 fully saturated rings. The number of hydrogen-bond donors (Lipinski definition) is 3. The first-order valence-corrected chi connectivity index (χ1v) is 5.42. The number of carbonyl (C=O) groups excluding carboxylic acids is 1. The Balaban J connectivity index is 2.89. The Kier molecular flexibility index (Phi) is 4.95. The lowest BCUT2D eigenvalue weighted by Gasteiger charge is -2.12. The molecule has 1 aromatic rings. The Bertz CT molecular complexity index is 349. The standard InChI is InChI=1S/C12H18N2O2/c1-2-14-12(16)10-5-3-4-9(6-10)11(7-13)8-15/h3-6,11,15H,2,7-8,13H2,1H3,(H,14,16). The fraction of sp³-hybridized carbons (Fsp3) is 0.417. The highest BCUT2D eigenvalue weighted by atomic mass is 16.3. The van der Waals surface area contributed by atoms with E-state index < -0.39 is 0 Å². The minimum atomic E-state index is -0.102. The largest absolute Gasteiger partial charge is 0.396 e. The molecule has 0 saturated carbocycles. The molecule has 0 heterocycles. The Labute approximate surface area is 95.5 Å². The van der Waals surface area contributed by atoms with E-state index in [0.717, 1.165) is 5.56 Å². The molecule has 0 saturated heterocycles. The van der Waals surface area contributed by atoms with Gasteiger partial charge in [-0.15, -0.1) is 0 Å². The zero-order valence-corrected chi connectivity index (χ0v) is 9.44. The molecular formula is C12H18N2O2. The Hall–Kier alpha value is -1.39. The van der Waals surface area contributed by atoms with Crippen LogP contribution in [0.5, 0.6) is 0 Å². The number of hydrogen-bond acceptors (Lipinski definition) is 3. The zero-order chi connectivity index (χ0) is 12.0. The van der Waals surface area contributed by atoms with E-state index in [4.69, 9.17) is 10.8 Å². The van der Waals surface area contributed by atoms with Crippen LogP contribution in [0.2, 0.25) is 0 Å². The maximum Gasteiger partial charge on any atom is 0.251 e. The van der Waals surface area contributed by atoms with Crippen LogP contribution < -0.4 is 11.1 Å². The van der Waals surface area contributed by atoms with Crippen LogP contribution in [0.25, 0.3) is 0 Å². The van der Waals surface area contributed by atoms with Crippen molar-refractivity contribution in [3.05, 3.63) is 35.4 Å². The molecule has 0 spiro atoms. The van der Waals surface area contributed by atoms with E-state index in [1.165, 1.54) is 0 Å². The summed E-state index contributed by atoms with van der Waals surface area (Å²) in [6.45, 7) is 2.84. The Morgan fingerprint density at radius 2 is 2.31 bits per heavy atom. The van der Waals surface area contributed by atoms with Crippen LogP contribution in [0.1, 0.15) is 28.8 Å². The van der Waals surface area contributed by atoms with Crippen molar-refractivity contribution in [1.82, 2.24) is 5.32 Å². The smallest absolute Gasteiger partial charge is 0.251 e. The van der Waals surface area contributed by atoms with Gasteiger partial charge in [-0.3, -0.25) is 4.79 Å². The molecule has 0 bridgehead atoms. The van der Waals surface area contributed by atoms with E-state index in [-0.39, 0.29) is 18.4 Å². The van der Waals surface area contributed by atoms with Crippen LogP contribution in [-0.2, 0) is 0 Å². The SMILES string of the molecule is CCNC(=O)c1cccc(C(CN)CO)c1. The summed E-state index contributed by atoms with van der Waals surface area (Å²) in [4.78, 5) is 11.6. The van der Waals surface area contributed by atoms with Crippen molar-refractivity contribution >= 4 is 5.91 Å². The molecule has 4 N–H and O–H groups in total. The molecule has 1 atom stereocenters. The van der Waals surface area contributed by atoms with E-state index in [0.29, 0.717) is 18.7 Å². The first kappa shape index (κ1) is 12.7. The lowest BCUT2D eigenvalue weighted by molar-refractivity contribution is 0.0955. The normalized spacial score (nSPS) is 12.2. The molecule has 1 aromatic carbocycles. The molecule has 0 aliphatic carbocycles. The van der Waals surface area contributed by atoms with Gasteiger partial charge in [-0.2, -0.15) is 0 Å². The average molecular weight is 222 g/mol. The van der Waals surface area contributed by atoms with Gasteiger partial charge in [-0.25, -0.2) is 0 Å². The second kappa shape index (κ2) is 6.25. The quantitative estimate of drug-likeness (QED) is 0.678. The molecule has 4 heteroatoms. The maximum atomic E-state index is 11.6. The van der Waals surface area contributed by atoms with Gasteiger partial charge < -0.3 is 16.2 Å². The lowest BCUT2D eigenvalue weighted by atomic mass is 9.98. The lowest BCUT2D eigenvalue weighted by Crippen LogP contribution is -2.23. The van der Waals surface area contributed by atoms with Crippen molar-refractivity contribution < 1.29 is 9.90 Å². The summed E-state index contributed by atoms with van der Waals surface area (Å²) < 4.78 is 0. The molecule has 4 nitrogen and oxygen atoms in total. The molecule has 88 valence electrons. The molecular weight excluding hydrogens is 204 g/mol. The summed E-state index contributed by atoms with van der Waals surface area (Å²) in [7, 11) is 0. The monoisotopic (exact) mass is 222 g/mol. The van der Waals surface area contributed by atoms with Crippen LogP contribution in [0, 0.1) is 0 Å². The topological polar surface area (TPSA) is 75.4 Å². The van der Waals surface area contributed by atoms with Gasteiger partial charge in [0.1, 0.15) is 0 Å². The van der Waals surface area contributed by atoms with Gasteiger partial charge in [0.25, 0.3) is 5.91 Å². The van der Waals surface area contributed by atoms with E-state index >= 15 is 0 Å². The Morgan fingerprint density at radius 3 is 2.88 bits per heavy atom.